The van der Waals surface area contributed by atoms with Crippen molar-refractivity contribution in [2.45, 2.75) is 17.9 Å². The third kappa shape index (κ3) is 4.74. The Kier molecular flexibility index (Phi) is 6.31. The first kappa shape index (κ1) is 23.7. The zero-order chi connectivity index (χ0) is 25.3. The number of anilines is 2. The Labute approximate surface area is 209 Å². The molecule has 1 unspecified atom stereocenters. The van der Waals surface area contributed by atoms with Gasteiger partial charge in [0.25, 0.3) is 10.0 Å². The number of sulfonamides is 1. The third-order valence-electron chi connectivity index (χ3n) is 6.38. The number of carbonyl (C=O) groups is 1. The van der Waals surface area contributed by atoms with Gasteiger partial charge in [-0.3, -0.25) is 9.52 Å². The molecule has 1 aliphatic heterocycles. The fourth-order valence-corrected chi connectivity index (χ4v) is 5.43. The zero-order valence-electron chi connectivity index (χ0n) is 19.6. The summed E-state index contributed by atoms with van der Waals surface area (Å²) in [5.74, 6) is -0.0964. The van der Waals surface area contributed by atoms with Crippen LogP contribution in [0.4, 0.5) is 15.9 Å². The number of fused-ring (bicyclic) bond motifs is 1. The second kappa shape index (κ2) is 9.57. The van der Waals surface area contributed by atoms with E-state index in [9.17, 15) is 17.6 Å². The average Bonchev–Trinajstić information content (AvgIpc) is 3.31. The Hall–Kier alpha value is -3.99. The molecular formula is C25H27FN6O3S. The lowest BCUT2D eigenvalue weighted by atomic mass is 10.2. The minimum Gasteiger partial charge on any atom is -0.368 e. The van der Waals surface area contributed by atoms with E-state index in [1.54, 1.807) is 30.3 Å². The number of halogens is 1. The summed E-state index contributed by atoms with van der Waals surface area (Å²) < 4.78 is 43.1. The molecule has 3 heterocycles. The molecule has 0 saturated carbocycles. The third-order valence-corrected chi connectivity index (χ3v) is 7.75. The molecule has 11 heteroatoms. The van der Waals surface area contributed by atoms with Crippen molar-refractivity contribution in [2.75, 3.05) is 35.8 Å². The standard InChI is InChI=1S/C25H25FN6O3S.H2/c1-18(32-11-9-19-16-20(26)2-7-23(19)32)25(33)31-14-12-30(13-15-31)21-3-5-22(6-4-21)36(34,35)29-24-8-10-27-17-28-24;/h2-11,16-18H,12-15H2,1H3,(H,27,28,29);1H. The molecule has 1 aliphatic rings. The molecule has 4 aromatic rings. The Morgan fingerprint density at radius 1 is 1.06 bits per heavy atom. The first-order valence-electron chi connectivity index (χ1n) is 11.5. The van der Waals surface area contributed by atoms with E-state index >= 15 is 0 Å². The summed E-state index contributed by atoms with van der Waals surface area (Å²) in [5, 5.41) is 0.761. The zero-order valence-corrected chi connectivity index (χ0v) is 20.4. The van der Waals surface area contributed by atoms with Crippen LogP contribution in [-0.2, 0) is 14.8 Å². The first-order valence-corrected chi connectivity index (χ1v) is 13.0. The van der Waals surface area contributed by atoms with E-state index in [1.807, 2.05) is 28.7 Å². The van der Waals surface area contributed by atoms with Gasteiger partial charge in [-0.05, 0) is 61.5 Å². The fraction of sp³-hybridized carbons (Fsp3) is 0.240. The molecule has 1 amide bonds. The fourth-order valence-electron chi connectivity index (χ4n) is 4.42. The maximum atomic E-state index is 13.5. The summed E-state index contributed by atoms with van der Waals surface area (Å²) in [6.07, 6.45) is 4.55. The molecule has 188 valence electrons. The van der Waals surface area contributed by atoms with Crippen molar-refractivity contribution >= 4 is 38.3 Å². The molecule has 1 atom stereocenters. The van der Waals surface area contributed by atoms with E-state index in [2.05, 4.69) is 19.6 Å². The van der Waals surface area contributed by atoms with Crippen LogP contribution in [0.25, 0.3) is 10.9 Å². The number of rotatable bonds is 6. The maximum Gasteiger partial charge on any atom is 0.263 e. The number of benzene rings is 2. The monoisotopic (exact) mass is 510 g/mol. The highest BCUT2D eigenvalue weighted by molar-refractivity contribution is 7.92. The maximum absolute atomic E-state index is 13.5. The molecule has 9 nitrogen and oxygen atoms in total. The van der Waals surface area contributed by atoms with Crippen molar-refractivity contribution in [1.29, 1.82) is 0 Å². The Morgan fingerprint density at radius 2 is 1.81 bits per heavy atom. The predicted octanol–water partition coefficient (Wildman–Crippen LogP) is 3.53. The van der Waals surface area contributed by atoms with Gasteiger partial charge in [0, 0.05) is 56.6 Å². The molecule has 0 bridgehead atoms. The molecule has 0 spiro atoms. The van der Waals surface area contributed by atoms with Gasteiger partial charge in [0.2, 0.25) is 5.91 Å². The van der Waals surface area contributed by atoms with Crippen molar-refractivity contribution in [1.82, 2.24) is 19.4 Å². The van der Waals surface area contributed by atoms with Crippen molar-refractivity contribution < 1.29 is 19.0 Å². The van der Waals surface area contributed by atoms with Crippen LogP contribution in [0.15, 0.2) is 78.2 Å². The predicted molar refractivity (Wildman–Crippen MR) is 137 cm³/mol. The number of aromatic nitrogens is 3. The first-order chi connectivity index (χ1) is 17.3. The van der Waals surface area contributed by atoms with Gasteiger partial charge in [0.05, 0.1) is 4.90 Å². The highest BCUT2D eigenvalue weighted by atomic mass is 32.2. The van der Waals surface area contributed by atoms with Gasteiger partial charge >= 0.3 is 0 Å². The highest BCUT2D eigenvalue weighted by Crippen LogP contribution is 2.24. The summed E-state index contributed by atoms with van der Waals surface area (Å²) in [4.78, 5) is 24.9. The normalized spacial score (nSPS) is 15.2. The largest absolute Gasteiger partial charge is 0.368 e. The van der Waals surface area contributed by atoms with Crippen LogP contribution in [0, 0.1) is 5.82 Å². The molecule has 1 N–H and O–H groups in total. The van der Waals surface area contributed by atoms with Crippen LogP contribution in [0.3, 0.4) is 0 Å². The Balaban J connectivity index is 0.00000320. The molecule has 0 radical (unpaired) electrons. The van der Waals surface area contributed by atoms with E-state index in [4.69, 9.17) is 0 Å². The summed E-state index contributed by atoms with van der Waals surface area (Å²) in [7, 11) is -3.76. The van der Waals surface area contributed by atoms with Gasteiger partial charge < -0.3 is 14.4 Å². The number of nitrogens with one attached hydrogen (secondary N) is 1. The number of hydrogen-bond donors (Lipinski definition) is 1. The lowest BCUT2D eigenvalue weighted by Crippen LogP contribution is -2.50. The average molecular weight is 511 g/mol. The summed E-state index contributed by atoms with van der Waals surface area (Å²) in [6, 6.07) is 14.1. The topological polar surface area (TPSA) is 100 Å². The summed E-state index contributed by atoms with van der Waals surface area (Å²) >= 11 is 0. The Bertz CT molecular complexity index is 1490. The van der Waals surface area contributed by atoms with Crippen molar-refractivity contribution in [3.63, 3.8) is 0 Å². The van der Waals surface area contributed by atoms with Crippen molar-refractivity contribution in [3.05, 3.63) is 79.1 Å². The molecule has 1 saturated heterocycles. The number of piperazine rings is 1. The van der Waals surface area contributed by atoms with Crippen LogP contribution in [0.5, 0.6) is 0 Å². The second-order valence-corrected chi connectivity index (χ2v) is 10.3. The molecule has 2 aromatic carbocycles. The van der Waals surface area contributed by atoms with Gasteiger partial charge in [-0.15, -0.1) is 0 Å². The van der Waals surface area contributed by atoms with Gasteiger partial charge in [0.1, 0.15) is 24.0 Å². The molecule has 36 heavy (non-hydrogen) atoms. The van der Waals surface area contributed by atoms with E-state index in [1.165, 1.54) is 30.7 Å². The van der Waals surface area contributed by atoms with E-state index < -0.39 is 16.1 Å². The van der Waals surface area contributed by atoms with Crippen LogP contribution in [0.2, 0.25) is 0 Å². The van der Waals surface area contributed by atoms with Crippen LogP contribution < -0.4 is 9.62 Å². The number of amides is 1. The lowest BCUT2D eigenvalue weighted by molar-refractivity contribution is -0.134. The lowest BCUT2D eigenvalue weighted by Gasteiger charge is -2.37. The van der Waals surface area contributed by atoms with Gasteiger partial charge in [-0.1, -0.05) is 0 Å². The van der Waals surface area contributed by atoms with E-state index in [0.717, 1.165) is 16.6 Å². The molecule has 2 aromatic heterocycles. The van der Waals surface area contributed by atoms with Crippen LogP contribution in [-0.4, -0.2) is 59.9 Å². The quantitative estimate of drug-likeness (QED) is 0.426. The minimum absolute atomic E-state index is 0. The molecule has 0 aliphatic carbocycles. The number of hydrogen-bond acceptors (Lipinski definition) is 6. The Morgan fingerprint density at radius 3 is 2.50 bits per heavy atom. The van der Waals surface area contributed by atoms with Gasteiger partial charge in [-0.2, -0.15) is 0 Å². The number of carbonyl (C=O) groups excluding carboxylic acids is 1. The summed E-state index contributed by atoms with van der Waals surface area (Å²) in [5.41, 5.74) is 1.70. The number of nitrogens with zero attached hydrogens (tertiary/aromatic N) is 5. The molecule has 1 fully saturated rings. The van der Waals surface area contributed by atoms with Crippen molar-refractivity contribution in [2.24, 2.45) is 0 Å². The van der Waals surface area contributed by atoms with Gasteiger partial charge in [0.15, 0.2) is 0 Å². The highest BCUT2D eigenvalue weighted by Gasteiger charge is 2.27. The molecular weight excluding hydrogens is 483 g/mol. The van der Waals surface area contributed by atoms with Crippen LogP contribution in [0.1, 0.15) is 14.4 Å². The SMILES string of the molecule is CC(C(=O)N1CCN(c2ccc(S(=O)(=O)Nc3ccncn3)cc2)CC1)n1ccc2cc(F)ccc21.[HH]. The smallest absolute Gasteiger partial charge is 0.263 e. The van der Waals surface area contributed by atoms with E-state index in [-0.39, 0.29) is 23.9 Å². The van der Waals surface area contributed by atoms with E-state index in [0.29, 0.717) is 26.2 Å². The molecule has 5 rings (SSSR count). The summed E-state index contributed by atoms with van der Waals surface area (Å²) in [6.45, 7) is 4.20. The minimum atomic E-state index is -3.76. The second-order valence-electron chi connectivity index (χ2n) is 8.61. The van der Waals surface area contributed by atoms with Crippen LogP contribution >= 0.6 is 0 Å². The van der Waals surface area contributed by atoms with Gasteiger partial charge in [-0.25, -0.2) is 22.8 Å². The van der Waals surface area contributed by atoms with Crippen molar-refractivity contribution in [3.8, 4) is 0 Å².